The largest absolute Gasteiger partial charge is 1.00 e. The summed E-state index contributed by atoms with van der Waals surface area (Å²) in [4.78, 5) is 16.4. The first-order valence-corrected chi connectivity index (χ1v) is 11.2. The van der Waals surface area contributed by atoms with Crippen molar-refractivity contribution in [3.8, 4) is 5.75 Å². The molecule has 1 aromatic heterocycles. The Labute approximate surface area is 188 Å². The van der Waals surface area contributed by atoms with E-state index < -0.39 is 0 Å². The van der Waals surface area contributed by atoms with Crippen molar-refractivity contribution >= 4 is 5.91 Å². The van der Waals surface area contributed by atoms with Gasteiger partial charge >= 0.3 is 0 Å². The lowest BCUT2D eigenvalue weighted by Gasteiger charge is -2.33. The SMILES string of the molecule is CCCCCC(=O)NCCC[N+](C)(C)Cc1cnc(C)c2c1COC(CCC)O2.[Cl-]. The zero-order valence-corrected chi connectivity index (χ0v) is 20.2. The first-order chi connectivity index (χ1) is 13.9. The van der Waals surface area contributed by atoms with E-state index in [1.54, 1.807) is 0 Å². The highest BCUT2D eigenvalue weighted by molar-refractivity contribution is 5.75. The summed E-state index contributed by atoms with van der Waals surface area (Å²) >= 11 is 0. The van der Waals surface area contributed by atoms with Crippen LogP contribution in [0.4, 0.5) is 0 Å². The monoisotopic (exact) mass is 441 g/mol. The van der Waals surface area contributed by atoms with Crippen molar-refractivity contribution in [3.63, 3.8) is 0 Å². The second kappa shape index (κ2) is 13.1. The lowest BCUT2D eigenvalue weighted by atomic mass is 10.1. The number of carbonyl (C=O) groups is 1. The van der Waals surface area contributed by atoms with Crippen LogP contribution in [0, 0.1) is 6.92 Å². The molecule has 1 aromatic rings. The van der Waals surface area contributed by atoms with Crippen LogP contribution in [0.1, 0.15) is 75.6 Å². The van der Waals surface area contributed by atoms with Crippen molar-refractivity contribution in [2.75, 3.05) is 27.2 Å². The Morgan fingerprint density at radius 2 is 2.00 bits per heavy atom. The second-order valence-corrected chi connectivity index (χ2v) is 8.80. The number of unbranched alkanes of at least 4 members (excludes halogenated alkanes) is 2. The number of halogens is 1. The second-order valence-electron chi connectivity index (χ2n) is 8.80. The zero-order valence-electron chi connectivity index (χ0n) is 19.4. The van der Waals surface area contributed by atoms with Gasteiger partial charge in [-0.15, -0.1) is 0 Å². The average molecular weight is 442 g/mol. The number of pyridine rings is 1. The van der Waals surface area contributed by atoms with Gasteiger partial charge in [0.15, 0.2) is 6.29 Å². The number of aryl methyl sites for hydroxylation is 1. The third kappa shape index (κ3) is 8.40. The van der Waals surface area contributed by atoms with Gasteiger partial charge in [-0.3, -0.25) is 9.78 Å². The van der Waals surface area contributed by atoms with Gasteiger partial charge in [0.05, 0.1) is 32.9 Å². The van der Waals surface area contributed by atoms with Crippen LogP contribution in [-0.2, 0) is 22.7 Å². The molecule has 0 saturated heterocycles. The Morgan fingerprint density at radius 1 is 1.23 bits per heavy atom. The summed E-state index contributed by atoms with van der Waals surface area (Å²) in [5.41, 5.74) is 3.26. The molecule has 1 amide bonds. The molecule has 1 atom stereocenters. The number of nitrogens with zero attached hydrogens (tertiary/aromatic N) is 2. The van der Waals surface area contributed by atoms with Gasteiger partial charge in [-0.25, -0.2) is 0 Å². The van der Waals surface area contributed by atoms with Crippen LogP contribution in [0.25, 0.3) is 0 Å². The van der Waals surface area contributed by atoms with Gasteiger partial charge < -0.3 is 31.7 Å². The molecule has 1 unspecified atom stereocenters. The van der Waals surface area contributed by atoms with Crippen LogP contribution in [0.15, 0.2) is 6.20 Å². The molecule has 0 aliphatic carbocycles. The van der Waals surface area contributed by atoms with Crippen LogP contribution in [0.5, 0.6) is 5.75 Å². The minimum absolute atomic E-state index is 0. The highest BCUT2D eigenvalue weighted by Crippen LogP contribution is 2.33. The molecule has 6 nitrogen and oxygen atoms in total. The van der Waals surface area contributed by atoms with E-state index in [1.807, 2.05) is 13.1 Å². The first kappa shape index (κ1) is 26.7. The molecule has 7 heteroatoms. The Hall–Kier alpha value is -1.37. The number of carbonyl (C=O) groups excluding carboxylic acids is 1. The van der Waals surface area contributed by atoms with E-state index in [4.69, 9.17) is 9.47 Å². The number of fused-ring (bicyclic) bond motifs is 1. The highest BCUT2D eigenvalue weighted by Gasteiger charge is 2.27. The normalized spacial score (nSPS) is 15.7. The smallest absolute Gasteiger partial charge is 0.219 e. The molecule has 0 bridgehead atoms. The summed E-state index contributed by atoms with van der Waals surface area (Å²) in [6.07, 6.45) is 8.60. The van der Waals surface area contributed by atoms with Gasteiger partial charge in [-0.05, 0) is 13.3 Å². The molecule has 0 fully saturated rings. The molecule has 0 radical (unpaired) electrons. The Bertz CT molecular complexity index is 667. The maximum Gasteiger partial charge on any atom is 0.219 e. The number of nitrogens with one attached hydrogen (secondary N) is 1. The van der Waals surface area contributed by atoms with E-state index in [0.717, 1.165) is 79.6 Å². The van der Waals surface area contributed by atoms with Gasteiger partial charge in [0.1, 0.15) is 12.3 Å². The van der Waals surface area contributed by atoms with Gasteiger partial charge in [-0.2, -0.15) is 0 Å². The molecule has 1 aliphatic rings. The number of rotatable bonds is 12. The fourth-order valence-electron chi connectivity index (χ4n) is 3.75. The fraction of sp³-hybridized carbons (Fsp3) is 0.739. The number of quaternary nitrogens is 1. The van der Waals surface area contributed by atoms with Crippen molar-refractivity contribution in [1.82, 2.24) is 10.3 Å². The van der Waals surface area contributed by atoms with Crippen molar-refractivity contribution in [2.45, 2.75) is 85.2 Å². The average Bonchev–Trinajstić information content (AvgIpc) is 2.68. The van der Waals surface area contributed by atoms with Crippen molar-refractivity contribution in [3.05, 3.63) is 23.0 Å². The minimum Gasteiger partial charge on any atom is -1.00 e. The molecule has 1 aliphatic heterocycles. The van der Waals surface area contributed by atoms with Crippen LogP contribution in [0.3, 0.4) is 0 Å². The summed E-state index contributed by atoms with van der Waals surface area (Å²) < 4.78 is 12.8. The van der Waals surface area contributed by atoms with E-state index in [-0.39, 0.29) is 24.6 Å². The van der Waals surface area contributed by atoms with Crippen molar-refractivity contribution < 1.29 is 31.2 Å². The maximum atomic E-state index is 11.8. The van der Waals surface area contributed by atoms with E-state index in [9.17, 15) is 4.79 Å². The molecule has 2 rings (SSSR count). The van der Waals surface area contributed by atoms with E-state index in [1.165, 1.54) is 5.56 Å². The predicted octanol–water partition coefficient (Wildman–Crippen LogP) is 1.09. The summed E-state index contributed by atoms with van der Waals surface area (Å²) in [6.45, 7) is 9.47. The van der Waals surface area contributed by atoms with Crippen LogP contribution in [-0.4, -0.2) is 48.8 Å². The number of hydrogen-bond donors (Lipinski definition) is 1. The minimum atomic E-state index is -0.160. The molecule has 0 spiro atoms. The van der Waals surface area contributed by atoms with Crippen LogP contribution < -0.4 is 22.5 Å². The zero-order chi connectivity index (χ0) is 21.3. The third-order valence-corrected chi connectivity index (χ3v) is 5.46. The summed E-state index contributed by atoms with van der Waals surface area (Å²) in [7, 11) is 4.44. The van der Waals surface area contributed by atoms with E-state index in [0.29, 0.717) is 13.0 Å². The highest BCUT2D eigenvalue weighted by atomic mass is 35.5. The lowest BCUT2D eigenvalue weighted by Crippen LogP contribution is -3.00. The van der Waals surface area contributed by atoms with Gasteiger partial charge in [0.25, 0.3) is 0 Å². The number of hydrogen-bond acceptors (Lipinski definition) is 4. The quantitative estimate of drug-likeness (QED) is 0.389. The molecule has 172 valence electrons. The first-order valence-electron chi connectivity index (χ1n) is 11.2. The maximum absolute atomic E-state index is 11.8. The fourth-order valence-corrected chi connectivity index (χ4v) is 3.75. The van der Waals surface area contributed by atoms with Gasteiger partial charge in [0, 0.05) is 43.1 Å². The molecule has 0 saturated carbocycles. The van der Waals surface area contributed by atoms with E-state index >= 15 is 0 Å². The number of amides is 1. The molecular weight excluding hydrogens is 402 g/mol. The Balaban J connectivity index is 0.00000450. The van der Waals surface area contributed by atoms with E-state index in [2.05, 4.69) is 38.2 Å². The Morgan fingerprint density at radius 3 is 2.70 bits per heavy atom. The summed E-state index contributed by atoms with van der Waals surface area (Å²) in [5.74, 6) is 1.09. The Kier molecular flexibility index (Phi) is 11.7. The van der Waals surface area contributed by atoms with Gasteiger partial charge in [0.2, 0.25) is 5.91 Å². The van der Waals surface area contributed by atoms with Crippen molar-refractivity contribution in [1.29, 1.82) is 0 Å². The standard InChI is InChI=1S/C23H39N3O3.ClH/c1-6-8-9-12-21(27)24-13-10-14-26(4,5)16-19-15-25-18(3)23-20(19)17-28-22(29-23)11-7-2;/h15,22H,6-14,16-17H2,1-5H3;1H. The summed E-state index contributed by atoms with van der Waals surface area (Å²) in [6, 6.07) is 0. The number of aromatic nitrogens is 1. The van der Waals surface area contributed by atoms with Crippen LogP contribution >= 0.6 is 0 Å². The number of ether oxygens (including phenoxy) is 2. The summed E-state index contributed by atoms with van der Waals surface area (Å²) in [5, 5.41) is 3.05. The third-order valence-electron chi connectivity index (χ3n) is 5.46. The van der Waals surface area contributed by atoms with Crippen molar-refractivity contribution in [2.24, 2.45) is 0 Å². The van der Waals surface area contributed by atoms with Crippen LogP contribution in [0.2, 0.25) is 0 Å². The molecular formula is C23H40ClN3O3. The molecule has 0 aromatic carbocycles. The molecule has 30 heavy (non-hydrogen) atoms. The topological polar surface area (TPSA) is 60.5 Å². The molecule has 1 N–H and O–H groups in total. The van der Waals surface area contributed by atoms with Gasteiger partial charge in [-0.1, -0.05) is 33.1 Å². The lowest BCUT2D eigenvalue weighted by molar-refractivity contribution is -0.903. The molecule has 2 heterocycles. The predicted molar refractivity (Wildman–Crippen MR) is 116 cm³/mol.